The van der Waals surface area contributed by atoms with Crippen molar-refractivity contribution in [1.29, 1.82) is 0 Å². The molecule has 1 aliphatic carbocycles. The largest absolute Gasteiger partial charge is 0.508 e. The molecule has 0 saturated carbocycles. The molecule has 3 rings (SSSR count). The third kappa shape index (κ3) is 1.91. The summed E-state index contributed by atoms with van der Waals surface area (Å²) in [6, 6.07) is 6.82. The molecule has 1 unspecified atom stereocenters. The van der Waals surface area contributed by atoms with Gasteiger partial charge in [-0.1, -0.05) is 6.07 Å². The van der Waals surface area contributed by atoms with Gasteiger partial charge in [-0.2, -0.15) is 0 Å². The van der Waals surface area contributed by atoms with Crippen LogP contribution in [0.2, 0.25) is 0 Å². The average Bonchev–Trinajstić information content (AvgIpc) is 2.72. The highest BCUT2D eigenvalue weighted by Gasteiger charge is 2.22. The molecule has 0 fully saturated rings. The predicted molar refractivity (Wildman–Crippen MR) is 61.6 cm³/mol. The summed E-state index contributed by atoms with van der Waals surface area (Å²) < 4.78 is 5.66. The van der Waals surface area contributed by atoms with Crippen molar-refractivity contribution < 1.29 is 14.6 Å². The lowest BCUT2D eigenvalue weighted by Gasteiger charge is -2.13. The van der Waals surface area contributed by atoms with Crippen LogP contribution in [0.3, 0.4) is 0 Å². The van der Waals surface area contributed by atoms with Crippen molar-refractivity contribution in [3.8, 4) is 17.2 Å². The normalized spacial score (nSPS) is 19.0. The lowest BCUT2D eigenvalue weighted by Crippen LogP contribution is -2.17. The van der Waals surface area contributed by atoms with Crippen LogP contribution in [0.4, 0.5) is 0 Å². The van der Waals surface area contributed by atoms with E-state index in [1.54, 1.807) is 18.2 Å². The van der Waals surface area contributed by atoms with Crippen LogP contribution in [0, 0.1) is 0 Å². The summed E-state index contributed by atoms with van der Waals surface area (Å²) in [4.78, 5) is 4.37. The van der Waals surface area contributed by atoms with E-state index in [1.165, 1.54) is 0 Å². The second-order valence-electron chi connectivity index (χ2n) is 4.34. The van der Waals surface area contributed by atoms with Gasteiger partial charge in [0.15, 0.2) is 0 Å². The number of benzene rings is 1. The average molecular weight is 231 g/mol. The molecule has 1 aliphatic rings. The molecule has 2 aromatic rings. The Hall–Kier alpha value is -1.81. The molecule has 0 saturated heterocycles. The Labute approximate surface area is 98.5 Å². The number of phenols is 1. The molecule has 4 nitrogen and oxygen atoms in total. The fraction of sp³-hybridized carbons (Fsp3) is 0.308. The first-order valence-corrected chi connectivity index (χ1v) is 5.68. The summed E-state index contributed by atoms with van der Waals surface area (Å²) in [6.45, 7) is 0. The van der Waals surface area contributed by atoms with Crippen LogP contribution in [0.5, 0.6) is 5.75 Å². The maximum Gasteiger partial charge on any atom is 0.226 e. The van der Waals surface area contributed by atoms with Crippen LogP contribution in [-0.4, -0.2) is 21.3 Å². The second kappa shape index (κ2) is 3.89. The van der Waals surface area contributed by atoms with Crippen LogP contribution in [0.25, 0.3) is 11.5 Å². The number of hydrogen-bond donors (Lipinski definition) is 2. The zero-order valence-electron chi connectivity index (χ0n) is 9.26. The van der Waals surface area contributed by atoms with Crippen LogP contribution in [0.15, 0.2) is 28.7 Å². The van der Waals surface area contributed by atoms with Crippen LogP contribution in [-0.2, 0) is 12.8 Å². The number of nitrogens with zero attached hydrogens (tertiary/aromatic N) is 1. The molecular formula is C13H13NO3. The Kier molecular flexibility index (Phi) is 2.37. The molecule has 4 heteroatoms. The Morgan fingerprint density at radius 2 is 2.24 bits per heavy atom. The topological polar surface area (TPSA) is 66.5 Å². The molecule has 0 bridgehead atoms. The predicted octanol–water partition coefficient (Wildman–Crippen LogP) is 1.90. The fourth-order valence-corrected chi connectivity index (χ4v) is 2.12. The lowest BCUT2D eigenvalue weighted by molar-refractivity contribution is 0.153. The van der Waals surface area contributed by atoms with Crippen molar-refractivity contribution in [2.24, 2.45) is 0 Å². The maximum absolute atomic E-state index is 9.56. The fourth-order valence-electron chi connectivity index (χ4n) is 2.12. The van der Waals surface area contributed by atoms with Crippen molar-refractivity contribution in [1.82, 2.24) is 4.98 Å². The summed E-state index contributed by atoms with van der Waals surface area (Å²) in [5.41, 5.74) is 1.59. The highest BCUT2D eigenvalue weighted by molar-refractivity contribution is 5.56. The van der Waals surface area contributed by atoms with Gasteiger partial charge in [-0.25, -0.2) is 4.98 Å². The number of aliphatic hydroxyl groups is 1. The van der Waals surface area contributed by atoms with Gasteiger partial charge in [-0.05, 0) is 24.6 Å². The van der Waals surface area contributed by atoms with Crippen molar-refractivity contribution in [2.45, 2.75) is 25.4 Å². The Morgan fingerprint density at radius 1 is 1.35 bits per heavy atom. The Balaban J connectivity index is 2.00. The number of aryl methyl sites for hydroxylation is 1. The first-order chi connectivity index (χ1) is 8.22. The number of aliphatic hydroxyl groups excluding tert-OH is 1. The van der Waals surface area contributed by atoms with Crippen LogP contribution in [0.1, 0.15) is 17.9 Å². The smallest absolute Gasteiger partial charge is 0.226 e. The zero-order valence-corrected chi connectivity index (χ0v) is 9.26. The summed E-state index contributed by atoms with van der Waals surface area (Å²) in [6.07, 6.45) is 1.69. The van der Waals surface area contributed by atoms with Gasteiger partial charge in [0.25, 0.3) is 0 Å². The first kappa shape index (κ1) is 10.4. The van der Waals surface area contributed by atoms with Gasteiger partial charge in [0.2, 0.25) is 5.89 Å². The molecule has 0 radical (unpaired) electrons. The summed E-state index contributed by atoms with van der Waals surface area (Å²) in [5.74, 6) is 1.56. The maximum atomic E-state index is 9.56. The van der Waals surface area contributed by atoms with Gasteiger partial charge < -0.3 is 14.6 Å². The minimum Gasteiger partial charge on any atom is -0.508 e. The number of oxazole rings is 1. The number of rotatable bonds is 1. The molecule has 17 heavy (non-hydrogen) atoms. The number of hydrogen-bond acceptors (Lipinski definition) is 4. The molecule has 1 aromatic heterocycles. The SMILES string of the molecule is Oc1cccc(-c2nc3c(o2)CCC(O)C3)c1. The number of fused-ring (bicyclic) bond motifs is 1. The highest BCUT2D eigenvalue weighted by Crippen LogP contribution is 2.28. The molecule has 0 spiro atoms. The third-order valence-corrected chi connectivity index (χ3v) is 3.00. The van der Waals surface area contributed by atoms with Crippen molar-refractivity contribution in [2.75, 3.05) is 0 Å². The standard InChI is InChI=1S/C13H13NO3/c15-9-3-1-2-8(6-9)13-14-11-7-10(16)4-5-12(11)17-13/h1-3,6,10,15-16H,4-5,7H2. The van der Waals surface area contributed by atoms with Crippen molar-refractivity contribution in [3.05, 3.63) is 35.7 Å². The third-order valence-electron chi connectivity index (χ3n) is 3.00. The molecular weight excluding hydrogens is 218 g/mol. The summed E-state index contributed by atoms with van der Waals surface area (Å²) in [5, 5.41) is 19.0. The molecule has 1 heterocycles. The molecule has 1 aromatic carbocycles. The first-order valence-electron chi connectivity index (χ1n) is 5.68. The molecule has 1 atom stereocenters. The quantitative estimate of drug-likeness (QED) is 0.786. The van der Waals surface area contributed by atoms with Crippen molar-refractivity contribution in [3.63, 3.8) is 0 Å². The van der Waals surface area contributed by atoms with E-state index in [0.717, 1.165) is 29.9 Å². The van der Waals surface area contributed by atoms with E-state index < -0.39 is 0 Å². The van der Waals surface area contributed by atoms with Gasteiger partial charge in [0.05, 0.1) is 11.8 Å². The van der Waals surface area contributed by atoms with Gasteiger partial charge in [-0.3, -0.25) is 0 Å². The van der Waals surface area contributed by atoms with E-state index in [0.29, 0.717) is 12.3 Å². The summed E-state index contributed by atoms with van der Waals surface area (Å²) >= 11 is 0. The number of phenolic OH excluding ortho intramolecular Hbond substituents is 1. The van der Waals surface area contributed by atoms with E-state index in [9.17, 15) is 10.2 Å². The van der Waals surface area contributed by atoms with Gasteiger partial charge in [0, 0.05) is 18.4 Å². The van der Waals surface area contributed by atoms with E-state index in [2.05, 4.69) is 4.98 Å². The molecule has 0 aliphatic heterocycles. The van der Waals surface area contributed by atoms with E-state index in [-0.39, 0.29) is 11.9 Å². The van der Waals surface area contributed by atoms with Crippen LogP contribution >= 0.6 is 0 Å². The Morgan fingerprint density at radius 3 is 3.06 bits per heavy atom. The van der Waals surface area contributed by atoms with E-state index in [1.807, 2.05) is 6.07 Å². The van der Waals surface area contributed by atoms with E-state index in [4.69, 9.17) is 4.42 Å². The lowest BCUT2D eigenvalue weighted by atomic mass is 9.99. The number of aromatic nitrogens is 1. The van der Waals surface area contributed by atoms with Gasteiger partial charge >= 0.3 is 0 Å². The highest BCUT2D eigenvalue weighted by atomic mass is 16.4. The number of aromatic hydroxyl groups is 1. The minimum atomic E-state index is -0.315. The van der Waals surface area contributed by atoms with Gasteiger partial charge in [-0.15, -0.1) is 0 Å². The van der Waals surface area contributed by atoms with Crippen LogP contribution < -0.4 is 0 Å². The summed E-state index contributed by atoms with van der Waals surface area (Å²) in [7, 11) is 0. The molecule has 2 N–H and O–H groups in total. The molecule has 88 valence electrons. The zero-order chi connectivity index (χ0) is 11.8. The monoisotopic (exact) mass is 231 g/mol. The molecule has 0 amide bonds. The minimum absolute atomic E-state index is 0.193. The Bertz CT molecular complexity index is 547. The van der Waals surface area contributed by atoms with E-state index >= 15 is 0 Å². The van der Waals surface area contributed by atoms with Gasteiger partial charge in [0.1, 0.15) is 11.5 Å². The van der Waals surface area contributed by atoms with Crippen molar-refractivity contribution >= 4 is 0 Å². The second-order valence-corrected chi connectivity index (χ2v) is 4.34.